The molecule has 0 N–H and O–H groups in total. The highest BCUT2D eigenvalue weighted by Crippen LogP contribution is 2.28. The Morgan fingerprint density at radius 3 is 2.55 bits per heavy atom. The van der Waals surface area contributed by atoms with Crippen molar-refractivity contribution in [3.05, 3.63) is 40.8 Å². The van der Waals surface area contributed by atoms with E-state index in [4.69, 9.17) is 4.52 Å². The van der Waals surface area contributed by atoms with Gasteiger partial charge in [0, 0.05) is 31.4 Å². The monoisotopic (exact) mass is 300 g/mol. The SMILES string of the molecule is Cc1cncc(C2CCN(C(=O)c3c(C)noc3C)CC2)n1. The molecule has 6 nitrogen and oxygen atoms in total. The van der Waals surface area contributed by atoms with E-state index in [0.717, 1.165) is 37.3 Å². The number of aryl methyl sites for hydroxylation is 3. The fraction of sp³-hybridized carbons (Fsp3) is 0.500. The zero-order valence-electron chi connectivity index (χ0n) is 13.2. The Kier molecular flexibility index (Phi) is 3.92. The average Bonchev–Trinajstić information content (AvgIpc) is 2.86. The number of nitrogens with zero attached hydrogens (tertiary/aromatic N) is 4. The number of carbonyl (C=O) groups is 1. The molecule has 0 aromatic carbocycles. The van der Waals surface area contributed by atoms with Gasteiger partial charge >= 0.3 is 0 Å². The number of aromatic nitrogens is 3. The van der Waals surface area contributed by atoms with Gasteiger partial charge in [0.1, 0.15) is 11.3 Å². The second kappa shape index (κ2) is 5.87. The van der Waals surface area contributed by atoms with E-state index >= 15 is 0 Å². The lowest BCUT2D eigenvalue weighted by Gasteiger charge is -2.31. The van der Waals surface area contributed by atoms with Crippen molar-refractivity contribution < 1.29 is 9.32 Å². The maximum absolute atomic E-state index is 12.6. The highest BCUT2D eigenvalue weighted by Gasteiger charge is 2.28. The topological polar surface area (TPSA) is 72.1 Å². The number of piperidine rings is 1. The molecule has 0 aliphatic carbocycles. The number of carbonyl (C=O) groups excluding carboxylic acids is 1. The fourth-order valence-electron chi connectivity index (χ4n) is 3.00. The molecule has 3 rings (SSSR count). The predicted molar refractivity (Wildman–Crippen MR) is 80.6 cm³/mol. The van der Waals surface area contributed by atoms with E-state index in [1.54, 1.807) is 20.0 Å². The zero-order valence-corrected chi connectivity index (χ0v) is 13.2. The molecule has 2 aromatic heterocycles. The molecule has 1 amide bonds. The summed E-state index contributed by atoms with van der Waals surface area (Å²) in [5, 5.41) is 3.86. The number of hydrogen-bond acceptors (Lipinski definition) is 5. The van der Waals surface area contributed by atoms with Gasteiger partial charge in [-0.05, 0) is 33.6 Å². The first-order valence-electron chi connectivity index (χ1n) is 7.57. The van der Waals surface area contributed by atoms with Crippen molar-refractivity contribution in [3.63, 3.8) is 0 Å². The molecule has 0 radical (unpaired) electrons. The third kappa shape index (κ3) is 2.73. The largest absolute Gasteiger partial charge is 0.361 e. The van der Waals surface area contributed by atoms with E-state index < -0.39 is 0 Å². The minimum atomic E-state index is 0.0185. The highest BCUT2D eigenvalue weighted by atomic mass is 16.5. The van der Waals surface area contributed by atoms with E-state index in [-0.39, 0.29) is 5.91 Å². The average molecular weight is 300 g/mol. The fourth-order valence-corrected chi connectivity index (χ4v) is 3.00. The third-order valence-electron chi connectivity index (χ3n) is 4.22. The number of amides is 1. The number of hydrogen-bond donors (Lipinski definition) is 0. The first-order chi connectivity index (χ1) is 10.6. The van der Waals surface area contributed by atoms with Crippen molar-refractivity contribution in [1.29, 1.82) is 0 Å². The molecule has 0 bridgehead atoms. The van der Waals surface area contributed by atoms with Gasteiger partial charge in [0.2, 0.25) is 0 Å². The number of rotatable bonds is 2. The quantitative estimate of drug-likeness (QED) is 0.851. The van der Waals surface area contributed by atoms with Crippen LogP contribution in [0.15, 0.2) is 16.9 Å². The molecule has 1 aliphatic heterocycles. The Hall–Kier alpha value is -2.24. The summed E-state index contributed by atoms with van der Waals surface area (Å²) in [6.07, 6.45) is 5.42. The van der Waals surface area contributed by atoms with Gasteiger partial charge < -0.3 is 9.42 Å². The highest BCUT2D eigenvalue weighted by molar-refractivity contribution is 5.96. The summed E-state index contributed by atoms with van der Waals surface area (Å²) in [5.41, 5.74) is 3.24. The van der Waals surface area contributed by atoms with E-state index in [1.807, 2.05) is 18.0 Å². The second-order valence-corrected chi connectivity index (χ2v) is 5.85. The lowest BCUT2D eigenvalue weighted by molar-refractivity contribution is 0.0709. The molecular formula is C16H20N4O2. The van der Waals surface area contributed by atoms with Crippen molar-refractivity contribution in [2.45, 2.75) is 39.5 Å². The molecule has 116 valence electrons. The van der Waals surface area contributed by atoms with Crippen molar-refractivity contribution in [2.75, 3.05) is 13.1 Å². The maximum atomic E-state index is 12.6. The second-order valence-electron chi connectivity index (χ2n) is 5.85. The Morgan fingerprint density at radius 2 is 1.95 bits per heavy atom. The van der Waals surface area contributed by atoms with Crippen LogP contribution in [0.1, 0.15) is 52.0 Å². The minimum Gasteiger partial charge on any atom is -0.361 e. The first kappa shape index (κ1) is 14.7. The lowest BCUT2D eigenvalue weighted by Crippen LogP contribution is -2.38. The molecule has 2 aromatic rings. The van der Waals surface area contributed by atoms with Crippen LogP contribution in [0.4, 0.5) is 0 Å². The summed E-state index contributed by atoms with van der Waals surface area (Å²) in [7, 11) is 0. The molecule has 0 spiro atoms. The molecule has 0 saturated carbocycles. The van der Waals surface area contributed by atoms with Crippen LogP contribution in [0.3, 0.4) is 0 Å². The van der Waals surface area contributed by atoms with Gasteiger partial charge in [-0.25, -0.2) is 0 Å². The summed E-state index contributed by atoms with van der Waals surface area (Å²) in [4.78, 5) is 23.2. The Morgan fingerprint density at radius 1 is 1.23 bits per heavy atom. The Balaban J connectivity index is 1.68. The van der Waals surface area contributed by atoms with Gasteiger partial charge in [-0.2, -0.15) is 0 Å². The van der Waals surface area contributed by atoms with E-state index in [1.165, 1.54) is 0 Å². The van der Waals surface area contributed by atoms with Crippen molar-refractivity contribution in [1.82, 2.24) is 20.0 Å². The van der Waals surface area contributed by atoms with Gasteiger partial charge in [-0.15, -0.1) is 0 Å². The van der Waals surface area contributed by atoms with Crippen molar-refractivity contribution in [3.8, 4) is 0 Å². The zero-order chi connectivity index (χ0) is 15.7. The summed E-state index contributed by atoms with van der Waals surface area (Å²) >= 11 is 0. The minimum absolute atomic E-state index is 0.0185. The van der Waals surface area contributed by atoms with E-state index in [9.17, 15) is 4.79 Å². The lowest BCUT2D eigenvalue weighted by atomic mass is 9.93. The van der Waals surface area contributed by atoms with Gasteiger partial charge in [0.15, 0.2) is 0 Å². The van der Waals surface area contributed by atoms with E-state index in [0.29, 0.717) is 22.9 Å². The van der Waals surface area contributed by atoms with Crippen LogP contribution in [0.5, 0.6) is 0 Å². The van der Waals surface area contributed by atoms with Crippen LogP contribution in [0, 0.1) is 20.8 Å². The Bertz CT molecular complexity index is 668. The Labute approximate surface area is 129 Å². The molecule has 6 heteroatoms. The summed E-state index contributed by atoms with van der Waals surface area (Å²) < 4.78 is 5.10. The van der Waals surface area contributed by atoms with Crippen LogP contribution < -0.4 is 0 Å². The molecule has 0 unspecified atom stereocenters. The molecule has 0 atom stereocenters. The summed E-state index contributed by atoms with van der Waals surface area (Å²) in [5.74, 6) is 0.986. The van der Waals surface area contributed by atoms with Gasteiger partial charge in [-0.1, -0.05) is 5.16 Å². The molecule has 1 fully saturated rings. The van der Waals surface area contributed by atoms with Gasteiger partial charge in [0.25, 0.3) is 5.91 Å². The summed E-state index contributed by atoms with van der Waals surface area (Å²) in [6, 6.07) is 0. The first-order valence-corrected chi connectivity index (χ1v) is 7.57. The van der Waals surface area contributed by atoms with Gasteiger partial charge in [0.05, 0.1) is 17.1 Å². The predicted octanol–water partition coefficient (Wildman–Crippen LogP) is 2.41. The summed E-state index contributed by atoms with van der Waals surface area (Å²) in [6.45, 7) is 6.99. The molecule has 3 heterocycles. The molecule has 22 heavy (non-hydrogen) atoms. The molecular weight excluding hydrogens is 280 g/mol. The van der Waals surface area contributed by atoms with Crippen LogP contribution in [-0.2, 0) is 0 Å². The maximum Gasteiger partial charge on any atom is 0.259 e. The van der Waals surface area contributed by atoms with Crippen LogP contribution >= 0.6 is 0 Å². The van der Waals surface area contributed by atoms with Crippen molar-refractivity contribution >= 4 is 5.91 Å². The smallest absolute Gasteiger partial charge is 0.259 e. The normalized spacial score (nSPS) is 16.0. The standard InChI is InChI=1S/C16H20N4O2/c1-10-8-17-9-14(18-10)13-4-6-20(7-5-13)16(21)15-11(2)19-22-12(15)3/h8-9,13H,4-7H2,1-3H3. The van der Waals surface area contributed by atoms with E-state index in [2.05, 4.69) is 15.1 Å². The van der Waals surface area contributed by atoms with Crippen LogP contribution in [0.25, 0.3) is 0 Å². The number of likely N-dealkylation sites (tertiary alicyclic amines) is 1. The van der Waals surface area contributed by atoms with Crippen molar-refractivity contribution in [2.24, 2.45) is 0 Å². The van der Waals surface area contributed by atoms with Gasteiger partial charge in [-0.3, -0.25) is 14.8 Å². The van der Waals surface area contributed by atoms with Crippen LogP contribution in [0.2, 0.25) is 0 Å². The van der Waals surface area contributed by atoms with Crippen LogP contribution in [-0.4, -0.2) is 39.0 Å². The molecule has 1 aliphatic rings. The third-order valence-corrected chi connectivity index (χ3v) is 4.22. The molecule has 1 saturated heterocycles.